The molecular weight excluding hydrogens is 315 g/mol. The van der Waals surface area contributed by atoms with Crippen LogP contribution in [-0.2, 0) is 0 Å². The van der Waals surface area contributed by atoms with E-state index in [-0.39, 0.29) is 11.6 Å². The van der Waals surface area contributed by atoms with Gasteiger partial charge in [-0.3, -0.25) is 14.9 Å². The molecule has 7 heteroatoms. The van der Waals surface area contributed by atoms with Gasteiger partial charge in [-0.25, -0.2) is 4.39 Å². The van der Waals surface area contributed by atoms with Gasteiger partial charge in [0, 0.05) is 11.6 Å². The Morgan fingerprint density at radius 1 is 1.29 bits per heavy atom. The van der Waals surface area contributed by atoms with Crippen LogP contribution in [0.5, 0.6) is 5.75 Å². The lowest BCUT2D eigenvalue weighted by Gasteiger charge is -2.18. The van der Waals surface area contributed by atoms with E-state index in [9.17, 15) is 19.3 Å². The van der Waals surface area contributed by atoms with Gasteiger partial charge in [0.2, 0.25) is 0 Å². The molecule has 1 aliphatic rings. The third-order valence-electron chi connectivity index (χ3n) is 3.89. The predicted molar refractivity (Wildman–Crippen MR) is 84.4 cm³/mol. The van der Waals surface area contributed by atoms with E-state index >= 15 is 0 Å². The van der Waals surface area contributed by atoms with Gasteiger partial charge in [-0.2, -0.15) is 0 Å². The Labute approximate surface area is 137 Å². The molecule has 1 amide bonds. The van der Waals surface area contributed by atoms with Gasteiger partial charge in [0.05, 0.1) is 17.6 Å². The molecule has 1 aliphatic heterocycles. The molecule has 124 valence electrons. The first-order valence-electron chi connectivity index (χ1n) is 7.53. The molecular formula is C17H15FN2O4. The Bertz CT molecular complexity index is 794. The number of ether oxygens (including phenoxy) is 1. The summed E-state index contributed by atoms with van der Waals surface area (Å²) in [5.74, 6) is -0.702. The van der Waals surface area contributed by atoms with Crippen molar-refractivity contribution in [1.29, 1.82) is 0 Å². The van der Waals surface area contributed by atoms with Crippen molar-refractivity contribution in [1.82, 2.24) is 5.32 Å². The molecule has 24 heavy (non-hydrogen) atoms. The molecule has 1 atom stereocenters. The number of nitrogens with one attached hydrogen (secondary N) is 1. The van der Waals surface area contributed by atoms with Crippen molar-refractivity contribution in [2.45, 2.75) is 18.9 Å². The maximum Gasteiger partial charge on any atom is 0.282 e. The highest BCUT2D eigenvalue weighted by Crippen LogP contribution is 2.31. The summed E-state index contributed by atoms with van der Waals surface area (Å²) >= 11 is 0. The summed E-state index contributed by atoms with van der Waals surface area (Å²) in [7, 11) is 0. The number of halogens is 1. The summed E-state index contributed by atoms with van der Waals surface area (Å²) in [5.41, 5.74) is 0.0945. The average Bonchev–Trinajstić information content (AvgIpc) is 2.77. The number of rotatable bonds is 3. The molecule has 3 rings (SSSR count). The maximum absolute atomic E-state index is 13.4. The van der Waals surface area contributed by atoms with Crippen molar-refractivity contribution in [3.63, 3.8) is 0 Å². The molecule has 0 fully saturated rings. The summed E-state index contributed by atoms with van der Waals surface area (Å²) in [6.45, 7) is 0.531. The van der Waals surface area contributed by atoms with Gasteiger partial charge in [-0.05, 0) is 31.0 Å². The highest BCUT2D eigenvalue weighted by Gasteiger charge is 2.26. The van der Waals surface area contributed by atoms with E-state index in [0.717, 1.165) is 30.2 Å². The van der Waals surface area contributed by atoms with Crippen molar-refractivity contribution in [2.75, 3.05) is 6.61 Å². The van der Waals surface area contributed by atoms with E-state index in [1.165, 1.54) is 0 Å². The molecule has 0 radical (unpaired) electrons. The first-order chi connectivity index (χ1) is 11.6. The summed E-state index contributed by atoms with van der Waals surface area (Å²) in [4.78, 5) is 22.9. The molecule has 0 bridgehead atoms. The standard InChI is InChI=1S/C17H15FN2O4/c18-11-7-8-15(20(22)23)13(10-11)17(21)19-14-5-3-9-24-16-6-2-1-4-12(14)16/h1-2,4,6-8,10,14H,3,5,9H2,(H,19,21). The van der Waals surface area contributed by atoms with Crippen LogP contribution in [0.25, 0.3) is 0 Å². The molecule has 0 saturated heterocycles. The van der Waals surface area contributed by atoms with Crippen LogP contribution in [0.2, 0.25) is 0 Å². The number of nitrogens with zero attached hydrogens (tertiary/aromatic N) is 1. The predicted octanol–water partition coefficient (Wildman–Crippen LogP) is 3.38. The number of carbonyl (C=O) groups excluding carboxylic acids is 1. The summed E-state index contributed by atoms with van der Waals surface area (Å²) in [5, 5.41) is 13.8. The Morgan fingerprint density at radius 3 is 2.88 bits per heavy atom. The fourth-order valence-electron chi connectivity index (χ4n) is 2.76. The van der Waals surface area contributed by atoms with Crippen molar-refractivity contribution in [3.05, 3.63) is 69.5 Å². The fraction of sp³-hybridized carbons (Fsp3) is 0.235. The first kappa shape index (κ1) is 15.9. The lowest BCUT2D eigenvalue weighted by molar-refractivity contribution is -0.385. The zero-order chi connectivity index (χ0) is 17.1. The molecule has 1 heterocycles. The van der Waals surface area contributed by atoms with Gasteiger partial charge in [0.15, 0.2) is 0 Å². The van der Waals surface area contributed by atoms with Crippen LogP contribution in [0.1, 0.15) is 34.8 Å². The van der Waals surface area contributed by atoms with Crippen molar-refractivity contribution in [3.8, 4) is 5.75 Å². The van der Waals surface area contributed by atoms with E-state index in [1.54, 1.807) is 0 Å². The second kappa shape index (κ2) is 6.66. The second-order valence-electron chi connectivity index (χ2n) is 5.47. The highest BCUT2D eigenvalue weighted by molar-refractivity contribution is 5.98. The Hall–Kier alpha value is -2.96. The van der Waals surface area contributed by atoms with Gasteiger partial charge in [0.25, 0.3) is 11.6 Å². The number of hydrogen-bond acceptors (Lipinski definition) is 4. The maximum atomic E-state index is 13.4. The Kier molecular flexibility index (Phi) is 4.41. The van der Waals surface area contributed by atoms with Crippen molar-refractivity contribution in [2.24, 2.45) is 0 Å². The van der Waals surface area contributed by atoms with Crippen LogP contribution in [-0.4, -0.2) is 17.4 Å². The zero-order valence-electron chi connectivity index (χ0n) is 12.7. The molecule has 0 aromatic heterocycles. The molecule has 0 aliphatic carbocycles. The SMILES string of the molecule is O=C(NC1CCCOc2ccccc21)c1cc(F)ccc1[N+](=O)[O-]. The number of amides is 1. The quantitative estimate of drug-likeness (QED) is 0.691. The van der Waals surface area contributed by atoms with E-state index in [1.807, 2.05) is 24.3 Å². The van der Waals surface area contributed by atoms with Crippen LogP contribution in [0.15, 0.2) is 42.5 Å². The molecule has 0 spiro atoms. The minimum absolute atomic E-state index is 0.289. The highest BCUT2D eigenvalue weighted by atomic mass is 19.1. The van der Waals surface area contributed by atoms with Gasteiger partial charge < -0.3 is 10.1 Å². The largest absolute Gasteiger partial charge is 0.493 e. The van der Waals surface area contributed by atoms with Crippen LogP contribution in [0.3, 0.4) is 0 Å². The number of para-hydroxylation sites is 1. The van der Waals surface area contributed by atoms with E-state index in [2.05, 4.69) is 5.32 Å². The van der Waals surface area contributed by atoms with E-state index in [0.29, 0.717) is 18.8 Å². The fourth-order valence-corrected chi connectivity index (χ4v) is 2.76. The molecule has 1 N–H and O–H groups in total. The van der Waals surface area contributed by atoms with Gasteiger partial charge in [-0.15, -0.1) is 0 Å². The Balaban J connectivity index is 1.90. The monoisotopic (exact) mass is 330 g/mol. The van der Waals surface area contributed by atoms with Crippen molar-refractivity contribution >= 4 is 11.6 Å². The number of nitro benzene ring substituents is 1. The molecule has 6 nitrogen and oxygen atoms in total. The van der Waals surface area contributed by atoms with Crippen LogP contribution in [0.4, 0.5) is 10.1 Å². The molecule has 2 aromatic rings. The van der Waals surface area contributed by atoms with Crippen LogP contribution in [0, 0.1) is 15.9 Å². The number of nitro groups is 1. The zero-order valence-corrected chi connectivity index (χ0v) is 12.7. The van der Waals surface area contributed by atoms with Crippen molar-refractivity contribution < 1.29 is 18.8 Å². The summed E-state index contributed by atoms with van der Waals surface area (Å²) in [6.07, 6.45) is 1.36. The third kappa shape index (κ3) is 3.19. The topological polar surface area (TPSA) is 81.5 Å². The number of hydrogen-bond donors (Lipinski definition) is 1. The summed E-state index contributed by atoms with van der Waals surface area (Å²) in [6, 6.07) is 9.80. The van der Waals surface area contributed by atoms with Gasteiger partial charge in [-0.1, -0.05) is 18.2 Å². The van der Waals surface area contributed by atoms with Crippen LogP contribution >= 0.6 is 0 Å². The molecule has 0 saturated carbocycles. The number of fused-ring (bicyclic) bond motifs is 1. The second-order valence-corrected chi connectivity index (χ2v) is 5.47. The third-order valence-corrected chi connectivity index (χ3v) is 3.89. The average molecular weight is 330 g/mol. The van der Waals surface area contributed by atoms with Gasteiger partial charge >= 0.3 is 0 Å². The Morgan fingerprint density at radius 2 is 2.08 bits per heavy atom. The lowest BCUT2D eigenvalue weighted by Crippen LogP contribution is -2.29. The molecule has 1 unspecified atom stereocenters. The minimum atomic E-state index is -0.699. The smallest absolute Gasteiger partial charge is 0.282 e. The normalized spacial score (nSPS) is 16.5. The van der Waals surface area contributed by atoms with Crippen LogP contribution < -0.4 is 10.1 Å². The number of carbonyl (C=O) groups is 1. The summed E-state index contributed by atoms with van der Waals surface area (Å²) < 4.78 is 19.1. The lowest BCUT2D eigenvalue weighted by atomic mass is 10.0. The first-order valence-corrected chi connectivity index (χ1v) is 7.53. The van der Waals surface area contributed by atoms with E-state index < -0.39 is 22.3 Å². The molecule has 2 aromatic carbocycles. The minimum Gasteiger partial charge on any atom is -0.493 e. The number of benzene rings is 2. The van der Waals surface area contributed by atoms with E-state index in [4.69, 9.17) is 4.74 Å². The van der Waals surface area contributed by atoms with Gasteiger partial charge in [0.1, 0.15) is 17.1 Å².